The molecule has 1 aromatic heterocycles. The third kappa shape index (κ3) is 3.32. The fourth-order valence-electron chi connectivity index (χ4n) is 2.67. The lowest BCUT2D eigenvalue weighted by molar-refractivity contribution is 0.100. The molecule has 2 aromatic carbocycles. The van der Waals surface area contributed by atoms with E-state index in [2.05, 4.69) is 10.3 Å². The Labute approximate surface area is 148 Å². The van der Waals surface area contributed by atoms with Crippen LogP contribution in [0.15, 0.2) is 54.7 Å². The molecule has 7 heteroatoms. The predicted molar refractivity (Wildman–Crippen MR) is 96.3 cm³/mol. The van der Waals surface area contributed by atoms with E-state index in [1.54, 1.807) is 0 Å². The van der Waals surface area contributed by atoms with Gasteiger partial charge in [-0.25, -0.2) is 13.8 Å². The second-order valence-corrected chi connectivity index (χ2v) is 5.59. The van der Waals surface area contributed by atoms with E-state index in [4.69, 9.17) is 11.5 Å². The van der Waals surface area contributed by atoms with Crippen LogP contribution in [0.3, 0.4) is 0 Å². The standard InChI is InChI=1S/C19H16F2N4O/c20-14-7-4-8-15(21)13(14)10-24-17-12(11-5-2-1-3-6-11)9-25-18(22)16(17)19(23)26/h1-9H,10H2,(H2,23,26)(H3,22,24,25). The number of rotatable bonds is 5. The highest BCUT2D eigenvalue weighted by Gasteiger charge is 2.19. The molecule has 132 valence electrons. The molecule has 0 spiro atoms. The number of halogens is 2. The van der Waals surface area contributed by atoms with Crippen molar-refractivity contribution in [2.24, 2.45) is 5.73 Å². The van der Waals surface area contributed by atoms with Gasteiger partial charge in [0.15, 0.2) is 0 Å². The largest absolute Gasteiger partial charge is 0.383 e. The Balaban J connectivity index is 2.09. The number of hydrogen-bond donors (Lipinski definition) is 3. The summed E-state index contributed by atoms with van der Waals surface area (Å²) in [6.07, 6.45) is 1.48. The van der Waals surface area contributed by atoms with Crippen molar-refractivity contribution in [2.75, 3.05) is 11.1 Å². The molecule has 5 nitrogen and oxygen atoms in total. The van der Waals surface area contributed by atoms with Gasteiger partial charge in [0.05, 0.1) is 5.69 Å². The average Bonchev–Trinajstić information content (AvgIpc) is 2.62. The van der Waals surface area contributed by atoms with Crippen LogP contribution in [0.4, 0.5) is 20.3 Å². The molecule has 5 N–H and O–H groups in total. The van der Waals surface area contributed by atoms with Crippen LogP contribution in [-0.4, -0.2) is 10.9 Å². The lowest BCUT2D eigenvalue weighted by atomic mass is 10.0. The highest BCUT2D eigenvalue weighted by Crippen LogP contribution is 2.33. The van der Waals surface area contributed by atoms with Crippen LogP contribution in [0, 0.1) is 11.6 Å². The van der Waals surface area contributed by atoms with Gasteiger partial charge in [0, 0.05) is 23.9 Å². The number of nitrogen functional groups attached to an aromatic ring is 1. The third-order valence-electron chi connectivity index (χ3n) is 3.94. The van der Waals surface area contributed by atoms with E-state index in [-0.39, 0.29) is 29.2 Å². The Hall–Kier alpha value is -3.48. The Kier molecular flexibility index (Phi) is 4.79. The second-order valence-electron chi connectivity index (χ2n) is 5.59. The highest BCUT2D eigenvalue weighted by molar-refractivity contribution is 6.06. The van der Waals surface area contributed by atoms with Gasteiger partial charge >= 0.3 is 0 Å². The molecule has 0 aliphatic rings. The van der Waals surface area contributed by atoms with Crippen molar-refractivity contribution >= 4 is 17.4 Å². The molecule has 0 atom stereocenters. The summed E-state index contributed by atoms with van der Waals surface area (Å²) in [4.78, 5) is 15.9. The Morgan fingerprint density at radius 1 is 1.04 bits per heavy atom. The van der Waals surface area contributed by atoms with Gasteiger partial charge in [-0.2, -0.15) is 0 Å². The highest BCUT2D eigenvalue weighted by atomic mass is 19.1. The van der Waals surface area contributed by atoms with Gasteiger partial charge in [-0.3, -0.25) is 4.79 Å². The van der Waals surface area contributed by atoms with Gasteiger partial charge in [-0.05, 0) is 17.7 Å². The van der Waals surface area contributed by atoms with Crippen LogP contribution >= 0.6 is 0 Å². The SMILES string of the molecule is NC(=O)c1c(N)ncc(-c2ccccc2)c1NCc1c(F)cccc1F. The predicted octanol–water partition coefficient (Wildman–Crippen LogP) is 3.32. The zero-order chi connectivity index (χ0) is 18.7. The summed E-state index contributed by atoms with van der Waals surface area (Å²) in [5.41, 5.74) is 12.6. The fourth-order valence-corrected chi connectivity index (χ4v) is 2.67. The first kappa shape index (κ1) is 17.3. The quantitative estimate of drug-likeness (QED) is 0.655. The number of nitrogens with two attached hydrogens (primary N) is 2. The molecule has 0 aliphatic carbocycles. The van der Waals surface area contributed by atoms with E-state index in [1.807, 2.05) is 30.3 Å². The van der Waals surface area contributed by atoms with Gasteiger partial charge < -0.3 is 16.8 Å². The number of anilines is 2. The number of nitrogens with one attached hydrogen (secondary N) is 1. The van der Waals surface area contributed by atoms with Crippen molar-refractivity contribution in [3.8, 4) is 11.1 Å². The first-order valence-corrected chi connectivity index (χ1v) is 7.79. The zero-order valence-corrected chi connectivity index (χ0v) is 13.7. The molecule has 3 rings (SSSR count). The van der Waals surface area contributed by atoms with Crippen LogP contribution in [-0.2, 0) is 6.54 Å². The second kappa shape index (κ2) is 7.18. The van der Waals surface area contributed by atoms with E-state index >= 15 is 0 Å². The number of hydrogen-bond acceptors (Lipinski definition) is 4. The molecule has 0 unspecified atom stereocenters. The lowest BCUT2D eigenvalue weighted by Gasteiger charge is -2.17. The minimum absolute atomic E-state index is 0.0249. The van der Waals surface area contributed by atoms with E-state index in [1.165, 1.54) is 12.3 Å². The molecule has 0 saturated heterocycles. The lowest BCUT2D eigenvalue weighted by Crippen LogP contribution is -2.19. The molecule has 0 aliphatic heterocycles. The number of carbonyl (C=O) groups is 1. The van der Waals surface area contributed by atoms with Crippen molar-refractivity contribution in [2.45, 2.75) is 6.54 Å². The molecule has 0 saturated carbocycles. The van der Waals surface area contributed by atoms with Crippen LogP contribution in [0.5, 0.6) is 0 Å². The molecule has 1 heterocycles. The van der Waals surface area contributed by atoms with Crippen LogP contribution in [0.1, 0.15) is 15.9 Å². The summed E-state index contributed by atoms with van der Waals surface area (Å²) >= 11 is 0. The molecular weight excluding hydrogens is 338 g/mol. The maximum absolute atomic E-state index is 13.9. The Morgan fingerprint density at radius 3 is 2.31 bits per heavy atom. The Bertz CT molecular complexity index is 941. The van der Waals surface area contributed by atoms with Gasteiger partial charge in [0.25, 0.3) is 5.91 Å². The van der Waals surface area contributed by atoms with Crippen LogP contribution in [0.25, 0.3) is 11.1 Å². The number of aromatic nitrogens is 1. The molecule has 0 fully saturated rings. The monoisotopic (exact) mass is 354 g/mol. The van der Waals surface area contributed by atoms with Crippen molar-refractivity contribution < 1.29 is 13.6 Å². The Morgan fingerprint density at radius 2 is 1.69 bits per heavy atom. The molecular formula is C19H16F2N4O. The molecule has 1 amide bonds. The maximum atomic E-state index is 13.9. The summed E-state index contributed by atoms with van der Waals surface area (Å²) < 4.78 is 27.8. The van der Waals surface area contributed by atoms with E-state index in [0.29, 0.717) is 5.56 Å². The number of primary amides is 1. The normalized spacial score (nSPS) is 10.5. The summed E-state index contributed by atoms with van der Waals surface area (Å²) in [6.45, 7) is -0.192. The topological polar surface area (TPSA) is 94.0 Å². The number of benzene rings is 2. The van der Waals surface area contributed by atoms with Gasteiger partial charge in [-0.1, -0.05) is 36.4 Å². The minimum atomic E-state index is -0.788. The number of carbonyl (C=O) groups excluding carboxylic acids is 1. The van der Waals surface area contributed by atoms with E-state index in [0.717, 1.165) is 17.7 Å². The average molecular weight is 354 g/mol. The first-order chi connectivity index (χ1) is 12.5. The molecule has 26 heavy (non-hydrogen) atoms. The third-order valence-corrected chi connectivity index (χ3v) is 3.94. The summed E-state index contributed by atoms with van der Waals surface area (Å²) in [5.74, 6) is -2.24. The van der Waals surface area contributed by atoms with Gasteiger partial charge in [-0.15, -0.1) is 0 Å². The summed E-state index contributed by atoms with van der Waals surface area (Å²) in [7, 11) is 0. The van der Waals surface area contributed by atoms with Crippen LogP contribution in [0.2, 0.25) is 0 Å². The zero-order valence-electron chi connectivity index (χ0n) is 13.7. The van der Waals surface area contributed by atoms with Crippen molar-refractivity contribution in [1.82, 2.24) is 4.98 Å². The number of amides is 1. The smallest absolute Gasteiger partial charge is 0.254 e. The maximum Gasteiger partial charge on any atom is 0.254 e. The number of nitrogens with zero attached hydrogens (tertiary/aromatic N) is 1. The molecule has 0 radical (unpaired) electrons. The van der Waals surface area contributed by atoms with Crippen molar-refractivity contribution in [1.29, 1.82) is 0 Å². The summed E-state index contributed by atoms with van der Waals surface area (Å²) in [6, 6.07) is 12.7. The molecule has 3 aromatic rings. The summed E-state index contributed by atoms with van der Waals surface area (Å²) in [5, 5.41) is 2.90. The van der Waals surface area contributed by atoms with Crippen LogP contribution < -0.4 is 16.8 Å². The van der Waals surface area contributed by atoms with Crippen molar-refractivity contribution in [3.63, 3.8) is 0 Å². The first-order valence-electron chi connectivity index (χ1n) is 7.79. The van der Waals surface area contributed by atoms with Gasteiger partial charge in [0.1, 0.15) is 23.0 Å². The van der Waals surface area contributed by atoms with E-state index in [9.17, 15) is 13.6 Å². The number of pyridine rings is 1. The fraction of sp³-hybridized carbons (Fsp3) is 0.0526. The van der Waals surface area contributed by atoms with Crippen molar-refractivity contribution in [3.05, 3.63) is 77.5 Å². The van der Waals surface area contributed by atoms with Gasteiger partial charge in [0.2, 0.25) is 0 Å². The molecule has 0 bridgehead atoms. The van der Waals surface area contributed by atoms with E-state index < -0.39 is 17.5 Å². The minimum Gasteiger partial charge on any atom is -0.383 e.